The van der Waals surface area contributed by atoms with E-state index in [0.29, 0.717) is 35.2 Å². The zero-order chi connectivity index (χ0) is 21.3. The number of thiazole rings is 1. The highest BCUT2D eigenvalue weighted by Crippen LogP contribution is 2.33. The van der Waals surface area contributed by atoms with Gasteiger partial charge in [-0.05, 0) is 36.8 Å². The molecule has 0 saturated carbocycles. The maximum atomic E-state index is 12.6. The Morgan fingerprint density at radius 2 is 1.87 bits per heavy atom. The van der Waals surface area contributed by atoms with Crippen LogP contribution in [0.2, 0.25) is 0 Å². The van der Waals surface area contributed by atoms with Crippen LogP contribution in [0.15, 0.2) is 47.8 Å². The van der Waals surface area contributed by atoms with Crippen molar-refractivity contribution in [3.05, 3.63) is 53.5 Å². The van der Waals surface area contributed by atoms with Crippen LogP contribution < -0.4 is 19.5 Å². The summed E-state index contributed by atoms with van der Waals surface area (Å²) in [6, 6.07) is 13.1. The second-order valence-electron chi connectivity index (χ2n) is 6.64. The molecule has 0 saturated heterocycles. The van der Waals surface area contributed by atoms with Gasteiger partial charge < -0.3 is 19.5 Å². The van der Waals surface area contributed by atoms with Crippen molar-refractivity contribution >= 4 is 22.9 Å². The van der Waals surface area contributed by atoms with Gasteiger partial charge in [0.05, 0.1) is 38.6 Å². The molecule has 0 spiro atoms. The molecule has 3 rings (SSSR count). The van der Waals surface area contributed by atoms with Gasteiger partial charge in [0.25, 0.3) is 0 Å². The van der Waals surface area contributed by atoms with Gasteiger partial charge in [0, 0.05) is 10.9 Å². The Morgan fingerprint density at radius 3 is 2.63 bits per heavy atom. The summed E-state index contributed by atoms with van der Waals surface area (Å²) >= 11 is 1.49. The van der Waals surface area contributed by atoms with Crippen molar-refractivity contribution in [3.63, 3.8) is 0 Å². The molecule has 0 bridgehead atoms. The Morgan fingerprint density at radius 1 is 1.07 bits per heavy atom. The molecule has 1 aromatic heterocycles. The molecule has 3 aromatic rings. The average molecular weight is 427 g/mol. The van der Waals surface area contributed by atoms with E-state index in [1.807, 2.05) is 47.8 Å². The first-order valence-corrected chi connectivity index (χ1v) is 10.7. The number of hydrogen-bond acceptors (Lipinski definition) is 6. The monoisotopic (exact) mass is 426 g/mol. The Kier molecular flexibility index (Phi) is 7.68. The summed E-state index contributed by atoms with van der Waals surface area (Å²) in [5, 5.41) is 5.65. The molecule has 0 aliphatic heterocycles. The molecule has 0 aliphatic carbocycles. The van der Waals surface area contributed by atoms with Crippen LogP contribution in [-0.4, -0.2) is 31.7 Å². The molecule has 6 nitrogen and oxygen atoms in total. The molecule has 0 unspecified atom stereocenters. The van der Waals surface area contributed by atoms with Gasteiger partial charge in [0.2, 0.25) is 5.91 Å². The van der Waals surface area contributed by atoms with Crippen molar-refractivity contribution in [2.75, 3.05) is 26.1 Å². The molecule has 0 aliphatic rings. The lowest BCUT2D eigenvalue weighted by atomic mass is 10.2. The van der Waals surface area contributed by atoms with Crippen LogP contribution in [0.25, 0.3) is 10.6 Å². The van der Waals surface area contributed by atoms with Crippen molar-refractivity contribution < 1.29 is 19.0 Å². The van der Waals surface area contributed by atoms with E-state index in [9.17, 15) is 4.79 Å². The third-order valence-corrected chi connectivity index (χ3v) is 5.38. The van der Waals surface area contributed by atoms with Crippen molar-refractivity contribution in [2.24, 2.45) is 0 Å². The first kappa shape index (κ1) is 21.6. The second kappa shape index (κ2) is 10.6. The summed E-state index contributed by atoms with van der Waals surface area (Å²) in [6.07, 6.45) is 2.22. The number of benzene rings is 2. The van der Waals surface area contributed by atoms with Gasteiger partial charge in [-0.15, -0.1) is 11.3 Å². The standard InChI is InChI=1S/C23H26N2O4S/c1-4-5-12-29-19-9-7-6-8-18(19)25-22(26)14-17-15-30-23(24-17)16-10-11-20(27-2)21(13-16)28-3/h6-11,13,15H,4-5,12,14H2,1-3H3,(H,25,26). The number of carbonyl (C=O) groups excluding carboxylic acids is 1. The Labute approximate surface area is 180 Å². The number of nitrogens with one attached hydrogen (secondary N) is 1. The van der Waals surface area contributed by atoms with Crippen LogP contribution >= 0.6 is 11.3 Å². The van der Waals surface area contributed by atoms with E-state index < -0.39 is 0 Å². The minimum atomic E-state index is -0.134. The quantitative estimate of drug-likeness (QED) is 0.452. The van der Waals surface area contributed by atoms with Gasteiger partial charge in [-0.3, -0.25) is 4.79 Å². The topological polar surface area (TPSA) is 69.7 Å². The number of aromatic nitrogens is 1. The summed E-state index contributed by atoms with van der Waals surface area (Å²) < 4.78 is 16.4. The molecule has 2 aromatic carbocycles. The summed E-state index contributed by atoms with van der Waals surface area (Å²) in [5.74, 6) is 1.86. The van der Waals surface area contributed by atoms with Gasteiger partial charge >= 0.3 is 0 Å². The summed E-state index contributed by atoms with van der Waals surface area (Å²) in [7, 11) is 3.20. The molecule has 1 N–H and O–H groups in total. The number of amides is 1. The fourth-order valence-electron chi connectivity index (χ4n) is 2.87. The van der Waals surface area contributed by atoms with Crippen LogP contribution in [0.5, 0.6) is 17.2 Å². The number of ether oxygens (including phenoxy) is 3. The van der Waals surface area contributed by atoms with E-state index in [0.717, 1.165) is 23.4 Å². The number of anilines is 1. The zero-order valence-corrected chi connectivity index (χ0v) is 18.3. The second-order valence-corrected chi connectivity index (χ2v) is 7.49. The molecular weight excluding hydrogens is 400 g/mol. The van der Waals surface area contributed by atoms with E-state index in [4.69, 9.17) is 14.2 Å². The molecule has 1 heterocycles. The maximum Gasteiger partial charge on any atom is 0.230 e. The maximum absolute atomic E-state index is 12.6. The van der Waals surface area contributed by atoms with Gasteiger partial charge in [-0.25, -0.2) is 4.98 Å². The first-order valence-electron chi connectivity index (χ1n) is 9.83. The predicted molar refractivity (Wildman–Crippen MR) is 120 cm³/mol. The number of unbranched alkanes of at least 4 members (excludes halogenated alkanes) is 1. The lowest BCUT2D eigenvalue weighted by Crippen LogP contribution is -2.15. The number of rotatable bonds is 10. The fourth-order valence-corrected chi connectivity index (χ4v) is 3.69. The Bertz CT molecular complexity index is 987. The van der Waals surface area contributed by atoms with Crippen LogP contribution in [0, 0.1) is 0 Å². The van der Waals surface area contributed by atoms with Crippen LogP contribution in [-0.2, 0) is 11.2 Å². The Balaban J connectivity index is 1.66. The average Bonchev–Trinajstić information content (AvgIpc) is 3.22. The number of para-hydroxylation sites is 2. The van der Waals surface area contributed by atoms with Gasteiger partial charge in [0.15, 0.2) is 11.5 Å². The molecule has 0 radical (unpaired) electrons. The van der Waals surface area contributed by atoms with Crippen molar-refractivity contribution in [1.29, 1.82) is 0 Å². The van der Waals surface area contributed by atoms with Crippen LogP contribution in [0.3, 0.4) is 0 Å². The minimum Gasteiger partial charge on any atom is -0.493 e. The van der Waals surface area contributed by atoms with Gasteiger partial charge in [-0.1, -0.05) is 25.5 Å². The summed E-state index contributed by atoms with van der Waals surface area (Å²) in [4.78, 5) is 17.2. The van der Waals surface area contributed by atoms with E-state index >= 15 is 0 Å². The van der Waals surface area contributed by atoms with E-state index in [1.165, 1.54) is 11.3 Å². The Hall–Kier alpha value is -3.06. The van der Waals surface area contributed by atoms with E-state index in [1.54, 1.807) is 14.2 Å². The number of hydrogen-bond donors (Lipinski definition) is 1. The van der Waals surface area contributed by atoms with Crippen molar-refractivity contribution in [2.45, 2.75) is 26.2 Å². The molecule has 0 atom stereocenters. The third kappa shape index (κ3) is 5.51. The van der Waals surface area contributed by atoms with Gasteiger partial charge in [-0.2, -0.15) is 0 Å². The van der Waals surface area contributed by atoms with Crippen LogP contribution in [0.4, 0.5) is 5.69 Å². The summed E-state index contributed by atoms with van der Waals surface area (Å²) in [5.41, 5.74) is 2.31. The molecular formula is C23H26N2O4S. The highest BCUT2D eigenvalue weighted by atomic mass is 32.1. The number of methoxy groups -OCH3 is 2. The lowest BCUT2D eigenvalue weighted by molar-refractivity contribution is -0.115. The smallest absolute Gasteiger partial charge is 0.230 e. The fraction of sp³-hybridized carbons (Fsp3) is 0.304. The first-order chi connectivity index (χ1) is 14.6. The summed E-state index contributed by atoms with van der Waals surface area (Å²) in [6.45, 7) is 2.74. The molecule has 1 amide bonds. The minimum absolute atomic E-state index is 0.134. The highest BCUT2D eigenvalue weighted by Gasteiger charge is 2.13. The molecule has 158 valence electrons. The number of nitrogens with zero attached hydrogens (tertiary/aromatic N) is 1. The lowest BCUT2D eigenvalue weighted by Gasteiger charge is -2.11. The molecule has 7 heteroatoms. The normalized spacial score (nSPS) is 10.5. The van der Waals surface area contributed by atoms with Crippen molar-refractivity contribution in [3.8, 4) is 27.8 Å². The van der Waals surface area contributed by atoms with Crippen LogP contribution in [0.1, 0.15) is 25.5 Å². The molecule has 0 fully saturated rings. The van der Waals surface area contributed by atoms with Gasteiger partial charge in [0.1, 0.15) is 10.8 Å². The largest absolute Gasteiger partial charge is 0.493 e. The third-order valence-electron chi connectivity index (χ3n) is 4.44. The number of carbonyl (C=O) groups is 1. The van der Waals surface area contributed by atoms with Crippen molar-refractivity contribution in [1.82, 2.24) is 4.98 Å². The highest BCUT2D eigenvalue weighted by molar-refractivity contribution is 7.13. The SMILES string of the molecule is CCCCOc1ccccc1NC(=O)Cc1csc(-c2ccc(OC)c(OC)c2)n1. The predicted octanol–water partition coefficient (Wildman–Crippen LogP) is 5.19. The van der Waals surface area contributed by atoms with E-state index in [2.05, 4.69) is 17.2 Å². The van der Waals surface area contributed by atoms with E-state index in [-0.39, 0.29) is 12.3 Å². The molecule has 30 heavy (non-hydrogen) atoms. The zero-order valence-electron chi connectivity index (χ0n) is 17.4.